The van der Waals surface area contributed by atoms with Gasteiger partial charge in [-0.2, -0.15) is 0 Å². The van der Waals surface area contributed by atoms with E-state index in [0.717, 1.165) is 0 Å². The van der Waals surface area contributed by atoms with E-state index < -0.39 is 5.97 Å². The zero-order valence-corrected chi connectivity index (χ0v) is 16.5. The van der Waals surface area contributed by atoms with Crippen molar-refractivity contribution in [2.24, 2.45) is 0 Å². The number of carbonyl (C=O) groups excluding carboxylic acids is 2. The highest BCUT2D eigenvalue weighted by atomic mass is 16.5. The summed E-state index contributed by atoms with van der Waals surface area (Å²) in [4.78, 5) is 23.7. The molecule has 0 unspecified atom stereocenters. The minimum Gasteiger partial charge on any atom is -0.493 e. The fourth-order valence-corrected chi connectivity index (χ4v) is 2.55. The van der Waals surface area contributed by atoms with E-state index >= 15 is 0 Å². The van der Waals surface area contributed by atoms with Gasteiger partial charge >= 0.3 is 5.97 Å². The molecule has 1 N–H and O–H groups in total. The number of ether oxygens (including phenoxy) is 4. The molecule has 1 aromatic heterocycles. The van der Waals surface area contributed by atoms with Crippen LogP contribution in [0, 0.1) is 6.92 Å². The Hall–Kier alpha value is -3.42. The molecule has 0 radical (unpaired) electrons. The van der Waals surface area contributed by atoms with Gasteiger partial charge in [0, 0.05) is 6.08 Å². The summed E-state index contributed by atoms with van der Waals surface area (Å²) in [6.45, 7) is 1.79. The summed E-state index contributed by atoms with van der Waals surface area (Å²) in [5.74, 6) is 1.52. The minimum absolute atomic E-state index is 0.135. The van der Waals surface area contributed by atoms with E-state index in [4.69, 9.17) is 18.6 Å². The number of esters is 1. The molecule has 0 fully saturated rings. The fraction of sp³-hybridized carbons (Fsp3) is 0.300. The van der Waals surface area contributed by atoms with Gasteiger partial charge in [-0.3, -0.25) is 4.79 Å². The van der Waals surface area contributed by atoms with Crippen LogP contribution < -0.4 is 19.5 Å². The molecule has 1 heterocycles. The van der Waals surface area contributed by atoms with Crippen LogP contribution in [0.3, 0.4) is 0 Å². The summed E-state index contributed by atoms with van der Waals surface area (Å²) in [5, 5.41) is 2.69. The summed E-state index contributed by atoms with van der Waals surface area (Å²) in [5.41, 5.74) is 1.03. The molecule has 0 aliphatic rings. The Morgan fingerprint density at radius 3 is 2.21 bits per heavy atom. The van der Waals surface area contributed by atoms with Crippen LogP contribution >= 0.6 is 0 Å². The number of nitrogens with one attached hydrogen (secondary N) is 1. The second kappa shape index (κ2) is 9.50. The number of methoxy groups -OCH3 is 4. The van der Waals surface area contributed by atoms with Crippen molar-refractivity contribution in [1.82, 2.24) is 5.32 Å². The topological polar surface area (TPSA) is 96.2 Å². The van der Waals surface area contributed by atoms with Crippen LogP contribution in [0.5, 0.6) is 17.2 Å². The van der Waals surface area contributed by atoms with Gasteiger partial charge in [-0.15, -0.1) is 0 Å². The van der Waals surface area contributed by atoms with Crippen molar-refractivity contribution in [3.05, 3.63) is 46.9 Å². The molecule has 2 aromatic rings. The lowest BCUT2D eigenvalue weighted by atomic mass is 10.1. The number of furan rings is 1. The normalized spacial score (nSPS) is 10.6. The van der Waals surface area contributed by atoms with Crippen LogP contribution in [0.25, 0.3) is 6.08 Å². The summed E-state index contributed by atoms with van der Waals surface area (Å²) in [6, 6.07) is 5.00. The van der Waals surface area contributed by atoms with E-state index in [2.05, 4.69) is 10.1 Å². The number of hydrogen-bond acceptors (Lipinski definition) is 7. The second-order valence-electron chi connectivity index (χ2n) is 5.68. The Labute approximate surface area is 163 Å². The van der Waals surface area contributed by atoms with E-state index in [0.29, 0.717) is 39.9 Å². The average molecular weight is 389 g/mol. The van der Waals surface area contributed by atoms with Crippen molar-refractivity contribution < 1.29 is 33.0 Å². The van der Waals surface area contributed by atoms with Crippen LogP contribution in [0.4, 0.5) is 0 Å². The van der Waals surface area contributed by atoms with Gasteiger partial charge in [0.05, 0.1) is 35.0 Å². The average Bonchev–Trinajstić information content (AvgIpc) is 3.09. The molecule has 2 rings (SSSR count). The van der Waals surface area contributed by atoms with Crippen LogP contribution in [0.15, 0.2) is 28.7 Å². The number of hydrogen-bond donors (Lipinski definition) is 1. The molecule has 0 saturated heterocycles. The van der Waals surface area contributed by atoms with E-state index in [1.807, 2.05) is 0 Å². The molecule has 8 heteroatoms. The monoisotopic (exact) mass is 389 g/mol. The molecular formula is C20H23NO7. The van der Waals surface area contributed by atoms with Crippen LogP contribution in [0.1, 0.15) is 27.4 Å². The molecule has 0 aliphatic carbocycles. The lowest BCUT2D eigenvalue weighted by Gasteiger charge is -2.12. The lowest BCUT2D eigenvalue weighted by Crippen LogP contribution is -2.19. The molecule has 150 valence electrons. The zero-order valence-electron chi connectivity index (χ0n) is 16.5. The van der Waals surface area contributed by atoms with Gasteiger partial charge < -0.3 is 28.7 Å². The van der Waals surface area contributed by atoms with E-state index in [1.54, 1.807) is 31.2 Å². The van der Waals surface area contributed by atoms with E-state index in [-0.39, 0.29) is 12.5 Å². The number of benzene rings is 1. The van der Waals surface area contributed by atoms with Gasteiger partial charge in [0.1, 0.15) is 17.1 Å². The third-order valence-electron chi connectivity index (χ3n) is 3.93. The van der Waals surface area contributed by atoms with Crippen molar-refractivity contribution in [2.45, 2.75) is 13.5 Å². The molecule has 0 atom stereocenters. The lowest BCUT2D eigenvalue weighted by molar-refractivity contribution is -0.116. The standard InChI is InChI=1S/C20H23NO7/c1-12-15(20(23)27-5)10-14(28-12)11-21-18(22)7-6-13-8-16(24-2)19(26-4)17(9-13)25-3/h6-10H,11H2,1-5H3,(H,21,22)/b7-6+. The van der Waals surface area contributed by atoms with Gasteiger partial charge in [-0.05, 0) is 36.8 Å². The van der Waals surface area contributed by atoms with Gasteiger partial charge in [-0.25, -0.2) is 4.79 Å². The van der Waals surface area contributed by atoms with Crippen LogP contribution in [-0.2, 0) is 16.1 Å². The van der Waals surface area contributed by atoms with E-state index in [9.17, 15) is 9.59 Å². The smallest absolute Gasteiger partial charge is 0.341 e. The van der Waals surface area contributed by atoms with Gasteiger partial charge in [0.25, 0.3) is 0 Å². The Morgan fingerprint density at radius 1 is 1.04 bits per heavy atom. The molecule has 1 aromatic carbocycles. The van der Waals surface area contributed by atoms with Gasteiger partial charge in [0.15, 0.2) is 11.5 Å². The maximum atomic E-state index is 12.1. The summed E-state index contributed by atoms with van der Waals surface area (Å²) in [6.07, 6.45) is 2.99. The first-order chi connectivity index (χ1) is 13.4. The number of amides is 1. The fourth-order valence-electron chi connectivity index (χ4n) is 2.55. The molecular weight excluding hydrogens is 366 g/mol. The maximum Gasteiger partial charge on any atom is 0.341 e. The largest absolute Gasteiger partial charge is 0.493 e. The molecule has 1 amide bonds. The predicted molar refractivity (Wildman–Crippen MR) is 102 cm³/mol. The molecule has 0 bridgehead atoms. The first kappa shape index (κ1) is 20.9. The predicted octanol–water partition coefficient (Wildman–Crippen LogP) is 2.73. The first-order valence-electron chi connectivity index (χ1n) is 8.37. The van der Waals surface area contributed by atoms with Gasteiger partial charge in [-0.1, -0.05) is 0 Å². The SMILES string of the molecule is COC(=O)c1cc(CNC(=O)/C=C/c2cc(OC)c(OC)c(OC)c2)oc1C. The van der Waals surface area contributed by atoms with Crippen molar-refractivity contribution >= 4 is 18.0 Å². The molecule has 0 saturated carbocycles. The zero-order chi connectivity index (χ0) is 20.7. The maximum absolute atomic E-state index is 12.1. The van der Waals surface area contributed by atoms with Crippen molar-refractivity contribution in [3.8, 4) is 17.2 Å². The summed E-state index contributed by atoms with van der Waals surface area (Å²) < 4.78 is 26.0. The second-order valence-corrected chi connectivity index (χ2v) is 5.68. The third-order valence-corrected chi connectivity index (χ3v) is 3.93. The Morgan fingerprint density at radius 2 is 1.68 bits per heavy atom. The molecule has 8 nitrogen and oxygen atoms in total. The van der Waals surface area contributed by atoms with E-state index in [1.165, 1.54) is 34.5 Å². The van der Waals surface area contributed by atoms with Crippen molar-refractivity contribution in [2.75, 3.05) is 28.4 Å². The first-order valence-corrected chi connectivity index (χ1v) is 8.37. The minimum atomic E-state index is -0.485. The Bertz CT molecular complexity index is 858. The molecule has 28 heavy (non-hydrogen) atoms. The van der Waals surface area contributed by atoms with Crippen LogP contribution in [0.2, 0.25) is 0 Å². The third kappa shape index (κ3) is 4.85. The molecule has 0 aliphatic heterocycles. The van der Waals surface area contributed by atoms with Crippen molar-refractivity contribution in [3.63, 3.8) is 0 Å². The van der Waals surface area contributed by atoms with Crippen LogP contribution in [-0.4, -0.2) is 40.3 Å². The summed E-state index contributed by atoms with van der Waals surface area (Å²) in [7, 11) is 5.85. The molecule has 0 spiro atoms. The number of carbonyl (C=O) groups is 2. The highest BCUT2D eigenvalue weighted by molar-refractivity contribution is 5.92. The van der Waals surface area contributed by atoms with Crippen molar-refractivity contribution in [1.29, 1.82) is 0 Å². The Kier molecular flexibility index (Phi) is 7.08. The van der Waals surface area contributed by atoms with Gasteiger partial charge in [0.2, 0.25) is 11.7 Å². The highest BCUT2D eigenvalue weighted by Gasteiger charge is 2.15. The number of aryl methyl sites for hydroxylation is 1. The number of rotatable bonds is 8. The quantitative estimate of drug-likeness (QED) is 0.548. The highest BCUT2D eigenvalue weighted by Crippen LogP contribution is 2.38. The summed E-state index contributed by atoms with van der Waals surface area (Å²) >= 11 is 0. The Balaban J connectivity index is 2.05.